The number of nitrogens with zero attached hydrogens (tertiary/aromatic N) is 11. The summed E-state index contributed by atoms with van der Waals surface area (Å²) in [6, 6.07) is 23.1. The highest BCUT2D eigenvalue weighted by molar-refractivity contribution is 5.98. The van der Waals surface area contributed by atoms with Crippen LogP contribution in [0.15, 0.2) is 114 Å². The van der Waals surface area contributed by atoms with Gasteiger partial charge in [0, 0.05) is 119 Å². The molecule has 1 aliphatic heterocycles. The predicted molar refractivity (Wildman–Crippen MR) is 338 cm³/mol. The lowest BCUT2D eigenvalue weighted by Crippen LogP contribution is -2.41. The molecular formula is C66H80N14O7. The molecule has 0 bridgehead atoms. The molecule has 0 unspecified atom stereocenters. The van der Waals surface area contributed by atoms with E-state index in [0.717, 1.165) is 113 Å². The molecule has 87 heavy (non-hydrogen) atoms. The number of ether oxygens (including phenoxy) is 2. The third-order valence-corrected chi connectivity index (χ3v) is 15.4. The van der Waals surface area contributed by atoms with Crippen LogP contribution in [0.25, 0.3) is 67.2 Å². The lowest BCUT2D eigenvalue weighted by atomic mass is 10.1. The van der Waals surface area contributed by atoms with Crippen molar-refractivity contribution < 1.29 is 33.8 Å². The first-order valence-electron chi connectivity index (χ1n) is 30.2. The fourth-order valence-electron chi connectivity index (χ4n) is 10.6. The Hall–Kier alpha value is -9.14. The Kier molecular flexibility index (Phi) is 18.7. The van der Waals surface area contributed by atoms with Crippen LogP contribution in [-0.2, 0) is 43.1 Å². The summed E-state index contributed by atoms with van der Waals surface area (Å²) in [7, 11) is 3.98. The second-order valence-corrected chi connectivity index (χ2v) is 24.8. The molecule has 7 aromatic heterocycles. The van der Waals surface area contributed by atoms with Gasteiger partial charge in [-0.15, -0.1) is 0 Å². The zero-order valence-corrected chi connectivity index (χ0v) is 51.2. The molecule has 0 spiro atoms. The van der Waals surface area contributed by atoms with Crippen LogP contribution < -0.4 is 10.6 Å². The van der Waals surface area contributed by atoms with Gasteiger partial charge < -0.3 is 53.4 Å². The summed E-state index contributed by atoms with van der Waals surface area (Å²) in [5, 5.41) is 17.0. The van der Waals surface area contributed by atoms with Crippen molar-refractivity contribution in [2.75, 3.05) is 26.2 Å². The Labute approximate surface area is 506 Å². The molecule has 3 amide bonds. The number of alkyl carbamates (subject to hydrolysis) is 2. The molecule has 2 aliphatic carbocycles. The van der Waals surface area contributed by atoms with E-state index in [1.807, 2.05) is 121 Å². The van der Waals surface area contributed by atoms with E-state index in [4.69, 9.17) is 19.4 Å². The minimum Gasteiger partial charge on any atom is -0.478 e. The van der Waals surface area contributed by atoms with E-state index in [2.05, 4.69) is 73.5 Å². The number of allylic oxidation sites excluding steroid dienone is 1. The third-order valence-electron chi connectivity index (χ3n) is 15.4. The highest BCUT2D eigenvalue weighted by atomic mass is 16.6. The topological polar surface area (TPSA) is 247 Å². The Bertz CT molecular complexity index is 3980. The lowest BCUT2D eigenvalue weighted by molar-refractivity contribution is 0.0509. The number of unbranched alkanes of at least 4 members (excludes halogenated alkanes) is 2. The molecule has 2 saturated carbocycles. The van der Waals surface area contributed by atoms with E-state index in [9.17, 15) is 24.3 Å². The van der Waals surface area contributed by atoms with E-state index < -0.39 is 23.3 Å². The number of carboxylic acid groups (broad SMARTS) is 1. The molecule has 9 aromatic rings. The number of aromatic nitrogens is 10. The van der Waals surface area contributed by atoms with Gasteiger partial charge in [-0.1, -0.05) is 6.42 Å². The number of aliphatic imine (C=N–C) groups is 1. The van der Waals surface area contributed by atoms with Gasteiger partial charge in [0.25, 0.3) is 5.91 Å². The first-order valence-corrected chi connectivity index (χ1v) is 30.2. The van der Waals surface area contributed by atoms with Crippen molar-refractivity contribution in [3.63, 3.8) is 0 Å². The summed E-state index contributed by atoms with van der Waals surface area (Å²) in [6.45, 7) is 14.6. The van der Waals surface area contributed by atoms with Crippen molar-refractivity contribution in [2.45, 2.75) is 130 Å². The summed E-state index contributed by atoms with van der Waals surface area (Å²) in [4.78, 5) is 80.7. The van der Waals surface area contributed by atoms with Crippen molar-refractivity contribution in [1.82, 2.24) is 63.7 Å². The standard InChI is InChI=1S/C32H38N8O3.C20H18N4O2.C14H24N2O2/c1-32(2,3)43-31(42)35-13-15-39(14-11-24-18-33-20-36-24)30(41)23-9-10-26-25(16-23)37-29(38(26)4)27-17-22-6-5-12-34-28(22)40(27)19-21-7-8-21;1-23-16-7-6-14(20(25)26)9-15(16)22-19(23)17-10-13-3-2-8-21-18(13)24(17)11-12-4-5-12;1-14(2,3)18-13(17)16-9-6-4-5-7-12-8-10-15-11-12/h5-6,9-10,12,16-18,20-21H,7-8,11,13-15,19H2,1-4H3,(H,33,36)(H,35,42);2-3,6-10,12H,4-5,11H2,1H3,(H,25,26);10-11H,4-9H2,1-3H3,(H,16,17). The van der Waals surface area contributed by atoms with Crippen molar-refractivity contribution >= 4 is 74.4 Å². The fraction of sp³-hybridized carbons (Fsp3) is 0.424. The molecule has 0 radical (unpaired) electrons. The van der Waals surface area contributed by atoms with Gasteiger partial charge in [0.05, 0.1) is 45.3 Å². The van der Waals surface area contributed by atoms with E-state index in [1.54, 1.807) is 29.6 Å². The minimum atomic E-state index is -0.939. The molecule has 2 aromatic carbocycles. The van der Waals surface area contributed by atoms with Crippen LogP contribution >= 0.6 is 0 Å². The Balaban J connectivity index is 0.000000161. The number of amides is 3. The van der Waals surface area contributed by atoms with Gasteiger partial charge in [0.1, 0.15) is 22.5 Å². The number of carbonyl (C=O) groups excluding carboxylic acids is 3. The first kappa shape index (κ1) is 61.0. The van der Waals surface area contributed by atoms with Crippen LogP contribution in [0.2, 0.25) is 0 Å². The van der Waals surface area contributed by atoms with Crippen LogP contribution in [0.3, 0.4) is 0 Å². The number of hydrogen-bond acceptors (Lipinski definition) is 12. The van der Waals surface area contributed by atoms with Crippen LogP contribution in [0.1, 0.15) is 126 Å². The van der Waals surface area contributed by atoms with Gasteiger partial charge in [-0.3, -0.25) is 9.79 Å². The zero-order chi connectivity index (χ0) is 61.4. The molecule has 2 fully saturated rings. The number of carboxylic acids is 1. The lowest BCUT2D eigenvalue weighted by Gasteiger charge is -2.24. The number of pyridine rings is 2. The first-order chi connectivity index (χ1) is 41.7. The molecule has 12 rings (SSSR count). The van der Waals surface area contributed by atoms with Gasteiger partial charge in [-0.25, -0.2) is 39.3 Å². The highest BCUT2D eigenvalue weighted by Gasteiger charge is 2.28. The summed E-state index contributed by atoms with van der Waals surface area (Å²) >= 11 is 0. The van der Waals surface area contributed by atoms with Crippen molar-refractivity contribution in [2.24, 2.45) is 30.9 Å². The van der Waals surface area contributed by atoms with Gasteiger partial charge in [-0.05, 0) is 177 Å². The molecule has 21 nitrogen and oxygen atoms in total. The number of benzene rings is 2. The zero-order valence-electron chi connectivity index (χ0n) is 51.2. The molecule has 0 saturated heterocycles. The Morgan fingerprint density at radius 1 is 0.678 bits per heavy atom. The van der Waals surface area contributed by atoms with Crippen molar-refractivity contribution in [3.05, 3.63) is 126 Å². The molecule has 21 heteroatoms. The number of hydrogen-bond donors (Lipinski definition) is 4. The Morgan fingerprint density at radius 2 is 1.23 bits per heavy atom. The maximum atomic E-state index is 13.8. The number of carbonyl (C=O) groups is 4. The predicted octanol–water partition coefficient (Wildman–Crippen LogP) is 12.1. The van der Waals surface area contributed by atoms with E-state index >= 15 is 0 Å². The van der Waals surface area contributed by atoms with E-state index in [-0.39, 0.29) is 24.1 Å². The number of H-pyrrole nitrogens is 1. The maximum Gasteiger partial charge on any atom is 0.407 e. The SMILES string of the molecule is CC(C)(C)OC(=O)NCCCCCC1=CN=CC1.Cn1c(-c2cc3cccnc3n2CC2CC2)nc2cc(C(=O)N(CCNC(=O)OC(C)(C)C)CCc3cnc[nH]3)ccc21.Cn1c(-c2cc3cccnc3n2CC2CC2)nc2cc(C(=O)O)ccc21. The fourth-order valence-corrected chi connectivity index (χ4v) is 10.6. The van der Waals surface area contributed by atoms with Gasteiger partial charge in [-0.2, -0.15) is 0 Å². The highest BCUT2D eigenvalue weighted by Crippen LogP contribution is 2.38. The number of imidazole rings is 3. The van der Waals surface area contributed by atoms with Crippen LogP contribution in [-0.4, -0.2) is 126 Å². The van der Waals surface area contributed by atoms with Crippen LogP contribution in [0.4, 0.5) is 9.59 Å². The third kappa shape index (κ3) is 15.8. The summed E-state index contributed by atoms with van der Waals surface area (Å²) in [5.41, 5.74) is 9.43. The Morgan fingerprint density at radius 3 is 1.74 bits per heavy atom. The normalized spacial score (nSPS) is 14.0. The van der Waals surface area contributed by atoms with Crippen LogP contribution in [0, 0.1) is 11.8 Å². The van der Waals surface area contributed by atoms with Crippen molar-refractivity contribution in [3.8, 4) is 23.0 Å². The largest absolute Gasteiger partial charge is 0.478 e. The molecule has 3 aliphatic rings. The van der Waals surface area contributed by atoms with E-state index in [0.29, 0.717) is 49.0 Å². The number of aromatic carboxylic acids is 1. The maximum absolute atomic E-state index is 13.8. The van der Waals surface area contributed by atoms with E-state index in [1.165, 1.54) is 31.3 Å². The number of aromatic amines is 1. The summed E-state index contributed by atoms with van der Waals surface area (Å²) < 4.78 is 19.2. The summed E-state index contributed by atoms with van der Waals surface area (Å²) in [5.74, 6) is 1.99. The monoisotopic (exact) mass is 1180 g/mol. The van der Waals surface area contributed by atoms with Gasteiger partial charge >= 0.3 is 18.2 Å². The molecular weight excluding hydrogens is 1100 g/mol. The number of nitrogens with one attached hydrogen (secondary N) is 3. The molecule has 8 heterocycles. The van der Waals surface area contributed by atoms with Crippen LogP contribution in [0.5, 0.6) is 0 Å². The quantitative estimate of drug-likeness (QED) is 0.0521. The number of aryl methyl sites for hydroxylation is 2. The second-order valence-electron chi connectivity index (χ2n) is 24.8. The number of fused-ring (bicyclic) bond motifs is 4. The second kappa shape index (κ2) is 26.6. The molecule has 0 atom stereocenters. The summed E-state index contributed by atoms with van der Waals surface area (Å²) in [6.07, 6.45) is 21.1. The number of rotatable bonds is 20. The smallest absolute Gasteiger partial charge is 0.407 e. The molecule has 4 N–H and O–H groups in total. The van der Waals surface area contributed by atoms with Gasteiger partial charge in [0.2, 0.25) is 0 Å². The van der Waals surface area contributed by atoms with Gasteiger partial charge in [0.15, 0.2) is 11.6 Å². The van der Waals surface area contributed by atoms with Crippen molar-refractivity contribution in [1.29, 1.82) is 0 Å². The average Bonchev–Trinajstić information content (AvgIpc) is 1.69. The minimum absolute atomic E-state index is 0.133. The molecule has 456 valence electrons. The average molecular weight is 1180 g/mol.